The number of amides is 2. The van der Waals surface area contributed by atoms with Crippen molar-refractivity contribution < 1.29 is 14.0 Å². The molecule has 0 aliphatic carbocycles. The summed E-state index contributed by atoms with van der Waals surface area (Å²) in [6.07, 6.45) is 0. The highest BCUT2D eigenvalue weighted by Crippen LogP contribution is 2.14. The Balaban J connectivity index is 1.29. The van der Waals surface area contributed by atoms with Gasteiger partial charge in [0, 0.05) is 43.5 Å². The molecule has 1 N–H and O–H groups in total. The molecule has 2 heterocycles. The molecular formula is C24H24FN5O3. The van der Waals surface area contributed by atoms with E-state index in [0.29, 0.717) is 37.6 Å². The molecule has 8 nitrogen and oxygen atoms in total. The maximum absolute atomic E-state index is 13.0. The topological polar surface area (TPSA) is 87.5 Å². The van der Waals surface area contributed by atoms with E-state index < -0.39 is 0 Å². The largest absolute Gasteiger partial charge is 0.339 e. The van der Waals surface area contributed by atoms with Crippen LogP contribution in [0.1, 0.15) is 0 Å². The van der Waals surface area contributed by atoms with Crippen molar-refractivity contribution in [2.24, 2.45) is 0 Å². The second-order valence-electron chi connectivity index (χ2n) is 7.79. The predicted octanol–water partition coefficient (Wildman–Crippen LogP) is 1.83. The molecule has 1 saturated heterocycles. The lowest BCUT2D eigenvalue weighted by Gasteiger charge is -2.34. The van der Waals surface area contributed by atoms with Crippen LogP contribution in [0.5, 0.6) is 0 Å². The van der Waals surface area contributed by atoms with Crippen molar-refractivity contribution >= 4 is 17.5 Å². The molecule has 0 atom stereocenters. The van der Waals surface area contributed by atoms with Gasteiger partial charge in [-0.25, -0.2) is 9.07 Å². The van der Waals surface area contributed by atoms with Crippen molar-refractivity contribution in [3.8, 4) is 11.3 Å². The highest BCUT2D eigenvalue weighted by atomic mass is 19.1. The molecule has 9 heteroatoms. The van der Waals surface area contributed by atoms with E-state index in [4.69, 9.17) is 0 Å². The molecule has 1 aromatic heterocycles. The van der Waals surface area contributed by atoms with E-state index in [9.17, 15) is 18.8 Å². The Morgan fingerprint density at radius 3 is 2.27 bits per heavy atom. The number of benzene rings is 2. The first-order valence-electron chi connectivity index (χ1n) is 10.7. The smallest absolute Gasteiger partial charge is 0.267 e. The van der Waals surface area contributed by atoms with Gasteiger partial charge in [-0.15, -0.1) is 0 Å². The van der Waals surface area contributed by atoms with Crippen molar-refractivity contribution in [3.05, 3.63) is 82.9 Å². The standard InChI is InChI=1S/C24H24FN5O3/c25-19-6-8-20(9-7-19)26-22(31)16-28-12-14-29(15-13-28)24(33)17-30-23(32)11-10-21(27-30)18-4-2-1-3-5-18/h1-11H,12-17H2,(H,26,31). The van der Waals surface area contributed by atoms with Crippen LogP contribution in [0, 0.1) is 5.82 Å². The van der Waals surface area contributed by atoms with Crippen LogP contribution in [-0.4, -0.2) is 64.1 Å². The fourth-order valence-electron chi connectivity index (χ4n) is 3.65. The highest BCUT2D eigenvalue weighted by Gasteiger charge is 2.23. The summed E-state index contributed by atoms with van der Waals surface area (Å²) in [4.78, 5) is 40.8. The second-order valence-corrected chi connectivity index (χ2v) is 7.79. The molecule has 1 fully saturated rings. The number of nitrogens with zero attached hydrogens (tertiary/aromatic N) is 4. The predicted molar refractivity (Wildman–Crippen MR) is 122 cm³/mol. The fourth-order valence-corrected chi connectivity index (χ4v) is 3.65. The molecule has 0 spiro atoms. The van der Waals surface area contributed by atoms with Crippen LogP contribution >= 0.6 is 0 Å². The summed E-state index contributed by atoms with van der Waals surface area (Å²) >= 11 is 0. The Hall–Kier alpha value is -3.85. The molecule has 3 aromatic rings. The van der Waals surface area contributed by atoms with E-state index in [1.165, 1.54) is 35.0 Å². The summed E-state index contributed by atoms with van der Waals surface area (Å²) in [5, 5.41) is 7.08. The van der Waals surface area contributed by atoms with Gasteiger partial charge in [-0.1, -0.05) is 30.3 Å². The molecule has 0 saturated carbocycles. The first-order chi connectivity index (χ1) is 16.0. The number of halogens is 1. The van der Waals surface area contributed by atoms with Crippen LogP contribution in [0.3, 0.4) is 0 Å². The van der Waals surface area contributed by atoms with E-state index in [0.717, 1.165) is 5.56 Å². The number of aromatic nitrogens is 2. The molecule has 2 amide bonds. The van der Waals surface area contributed by atoms with Crippen molar-refractivity contribution in [1.82, 2.24) is 19.6 Å². The second kappa shape index (κ2) is 10.2. The van der Waals surface area contributed by atoms with Crippen LogP contribution in [-0.2, 0) is 16.1 Å². The van der Waals surface area contributed by atoms with Crippen LogP contribution in [0.4, 0.5) is 10.1 Å². The molecule has 4 rings (SSSR count). The highest BCUT2D eigenvalue weighted by molar-refractivity contribution is 5.92. The van der Waals surface area contributed by atoms with Gasteiger partial charge in [0.1, 0.15) is 12.4 Å². The van der Waals surface area contributed by atoms with Crippen molar-refractivity contribution in [3.63, 3.8) is 0 Å². The van der Waals surface area contributed by atoms with E-state index in [-0.39, 0.29) is 36.3 Å². The number of rotatable bonds is 6. The van der Waals surface area contributed by atoms with Crippen molar-refractivity contribution in [2.45, 2.75) is 6.54 Å². The number of hydrogen-bond donors (Lipinski definition) is 1. The molecule has 33 heavy (non-hydrogen) atoms. The van der Waals surface area contributed by atoms with Crippen molar-refractivity contribution in [1.29, 1.82) is 0 Å². The lowest BCUT2D eigenvalue weighted by molar-refractivity contribution is -0.134. The third kappa shape index (κ3) is 5.89. The molecule has 2 aromatic carbocycles. The zero-order chi connectivity index (χ0) is 23.2. The van der Waals surface area contributed by atoms with Gasteiger partial charge >= 0.3 is 0 Å². The van der Waals surface area contributed by atoms with Gasteiger partial charge < -0.3 is 10.2 Å². The summed E-state index contributed by atoms with van der Waals surface area (Å²) in [7, 11) is 0. The van der Waals surface area contributed by atoms with E-state index in [1.54, 1.807) is 11.0 Å². The van der Waals surface area contributed by atoms with Crippen LogP contribution in [0.15, 0.2) is 71.5 Å². The average Bonchev–Trinajstić information content (AvgIpc) is 2.83. The lowest BCUT2D eigenvalue weighted by atomic mass is 10.1. The number of anilines is 1. The summed E-state index contributed by atoms with van der Waals surface area (Å²) in [6.45, 7) is 2.03. The maximum atomic E-state index is 13.0. The molecule has 1 aliphatic rings. The molecular weight excluding hydrogens is 425 g/mol. The number of nitrogens with one attached hydrogen (secondary N) is 1. The molecule has 0 radical (unpaired) electrons. The molecule has 1 aliphatic heterocycles. The average molecular weight is 449 g/mol. The minimum absolute atomic E-state index is 0.134. The van der Waals surface area contributed by atoms with Gasteiger partial charge in [0.05, 0.1) is 12.2 Å². The van der Waals surface area contributed by atoms with Gasteiger partial charge in [-0.3, -0.25) is 19.3 Å². The normalized spacial score (nSPS) is 14.2. The minimum Gasteiger partial charge on any atom is -0.339 e. The molecule has 170 valence electrons. The van der Waals surface area contributed by atoms with Gasteiger partial charge in [0.15, 0.2) is 0 Å². The van der Waals surface area contributed by atoms with E-state index >= 15 is 0 Å². The first kappa shape index (κ1) is 22.3. The summed E-state index contributed by atoms with van der Waals surface area (Å²) < 4.78 is 14.2. The van der Waals surface area contributed by atoms with Crippen molar-refractivity contribution in [2.75, 3.05) is 38.0 Å². The Labute approximate surface area is 190 Å². The van der Waals surface area contributed by atoms with Gasteiger partial charge in [-0.2, -0.15) is 5.10 Å². The first-order valence-corrected chi connectivity index (χ1v) is 10.7. The fraction of sp³-hybridized carbons (Fsp3) is 0.250. The lowest BCUT2D eigenvalue weighted by Crippen LogP contribution is -2.51. The Bertz CT molecular complexity index is 1170. The third-order valence-corrected chi connectivity index (χ3v) is 5.44. The van der Waals surface area contributed by atoms with E-state index in [2.05, 4.69) is 10.4 Å². The van der Waals surface area contributed by atoms with Crippen LogP contribution in [0.2, 0.25) is 0 Å². The van der Waals surface area contributed by atoms with Gasteiger partial charge in [-0.05, 0) is 30.3 Å². The molecule has 0 unspecified atom stereocenters. The number of carbonyl (C=O) groups is 2. The molecule has 0 bridgehead atoms. The van der Waals surface area contributed by atoms with Gasteiger partial charge in [0.2, 0.25) is 11.8 Å². The van der Waals surface area contributed by atoms with E-state index in [1.807, 2.05) is 35.2 Å². The number of piperazine rings is 1. The Morgan fingerprint density at radius 2 is 1.58 bits per heavy atom. The zero-order valence-corrected chi connectivity index (χ0v) is 18.0. The minimum atomic E-state index is -0.363. The summed E-state index contributed by atoms with van der Waals surface area (Å²) in [5.41, 5.74) is 1.69. The maximum Gasteiger partial charge on any atom is 0.267 e. The Morgan fingerprint density at radius 1 is 0.879 bits per heavy atom. The van der Waals surface area contributed by atoms with Crippen LogP contribution < -0.4 is 10.9 Å². The third-order valence-electron chi connectivity index (χ3n) is 5.44. The van der Waals surface area contributed by atoms with Crippen LogP contribution in [0.25, 0.3) is 11.3 Å². The SMILES string of the molecule is O=C(CN1CCN(C(=O)Cn2nc(-c3ccccc3)ccc2=O)CC1)Nc1ccc(F)cc1. The van der Waals surface area contributed by atoms with Gasteiger partial charge in [0.25, 0.3) is 5.56 Å². The summed E-state index contributed by atoms with van der Waals surface area (Å²) in [5.74, 6) is -0.752. The number of hydrogen-bond acceptors (Lipinski definition) is 5. The Kier molecular flexibility index (Phi) is 6.89. The monoisotopic (exact) mass is 449 g/mol. The summed E-state index contributed by atoms with van der Waals surface area (Å²) in [6, 6.07) is 18.1. The quantitative estimate of drug-likeness (QED) is 0.621. The number of carbonyl (C=O) groups excluding carboxylic acids is 2. The zero-order valence-electron chi connectivity index (χ0n) is 18.0.